The van der Waals surface area contributed by atoms with Crippen molar-refractivity contribution in [1.29, 1.82) is 0 Å². The Morgan fingerprint density at radius 3 is 2.81 bits per heavy atom. The van der Waals surface area contributed by atoms with Gasteiger partial charge < -0.3 is 10.6 Å². The molecular formula is C16H14BrFN2O. The van der Waals surface area contributed by atoms with Crippen molar-refractivity contribution in [3.8, 4) is 0 Å². The van der Waals surface area contributed by atoms with Crippen molar-refractivity contribution >= 4 is 33.2 Å². The highest BCUT2D eigenvalue weighted by Gasteiger charge is 2.31. The molecular weight excluding hydrogens is 335 g/mol. The number of carbonyl (C=O) groups excluding carboxylic acids is 1. The minimum absolute atomic E-state index is 0.0538. The predicted molar refractivity (Wildman–Crippen MR) is 84.9 cm³/mol. The van der Waals surface area contributed by atoms with Crippen LogP contribution in [0.1, 0.15) is 22.8 Å². The molecule has 2 aromatic rings. The number of carbonyl (C=O) groups is 1. The molecule has 1 aliphatic heterocycles. The first-order valence-corrected chi connectivity index (χ1v) is 7.43. The van der Waals surface area contributed by atoms with Crippen LogP contribution in [0.4, 0.5) is 15.8 Å². The lowest BCUT2D eigenvalue weighted by atomic mass is 10.1. The standard InChI is InChI=1S/C16H14BrFN2O/c1-9-6-11-7-12(19)3-5-15(11)20(9)16(21)10-2-4-14(18)13(17)8-10/h2-5,7-9H,6,19H2,1H3. The van der Waals surface area contributed by atoms with Crippen LogP contribution in [0.3, 0.4) is 0 Å². The summed E-state index contributed by atoms with van der Waals surface area (Å²) in [4.78, 5) is 14.5. The molecule has 1 aliphatic rings. The van der Waals surface area contributed by atoms with E-state index in [9.17, 15) is 9.18 Å². The molecule has 0 radical (unpaired) electrons. The molecule has 1 amide bonds. The highest BCUT2D eigenvalue weighted by molar-refractivity contribution is 9.10. The Morgan fingerprint density at radius 2 is 2.10 bits per heavy atom. The van der Waals surface area contributed by atoms with Gasteiger partial charge in [0.25, 0.3) is 5.91 Å². The normalized spacial score (nSPS) is 16.9. The van der Waals surface area contributed by atoms with Gasteiger partial charge in [-0.25, -0.2) is 4.39 Å². The Kier molecular flexibility index (Phi) is 3.45. The third kappa shape index (κ3) is 2.42. The molecule has 3 nitrogen and oxygen atoms in total. The summed E-state index contributed by atoms with van der Waals surface area (Å²) in [5.74, 6) is -0.513. The topological polar surface area (TPSA) is 46.3 Å². The molecule has 21 heavy (non-hydrogen) atoms. The molecule has 3 rings (SSSR count). The van der Waals surface area contributed by atoms with E-state index in [-0.39, 0.29) is 22.2 Å². The smallest absolute Gasteiger partial charge is 0.258 e. The lowest BCUT2D eigenvalue weighted by Crippen LogP contribution is -2.35. The van der Waals surface area contributed by atoms with Gasteiger partial charge in [0.15, 0.2) is 0 Å². The molecule has 0 saturated heterocycles. The van der Waals surface area contributed by atoms with Gasteiger partial charge in [-0.3, -0.25) is 4.79 Å². The second kappa shape index (κ2) is 5.15. The van der Waals surface area contributed by atoms with E-state index in [1.54, 1.807) is 11.0 Å². The summed E-state index contributed by atoms with van der Waals surface area (Å²) < 4.78 is 13.6. The van der Waals surface area contributed by atoms with Gasteiger partial charge in [-0.15, -0.1) is 0 Å². The van der Waals surface area contributed by atoms with Crippen LogP contribution in [0.15, 0.2) is 40.9 Å². The molecule has 5 heteroatoms. The van der Waals surface area contributed by atoms with Gasteiger partial charge >= 0.3 is 0 Å². The van der Waals surface area contributed by atoms with E-state index >= 15 is 0 Å². The van der Waals surface area contributed by atoms with Crippen LogP contribution < -0.4 is 10.6 Å². The van der Waals surface area contributed by atoms with Crippen molar-refractivity contribution in [2.75, 3.05) is 10.6 Å². The van der Waals surface area contributed by atoms with E-state index in [2.05, 4.69) is 15.9 Å². The third-order valence-electron chi connectivity index (χ3n) is 3.70. The minimum Gasteiger partial charge on any atom is -0.399 e. The van der Waals surface area contributed by atoms with Crippen molar-refractivity contribution < 1.29 is 9.18 Å². The first kappa shape index (κ1) is 14.1. The average molecular weight is 349 g/mol. The molecule has 0 fully saturated rings. The number of amides is 1. The monoisotopic (exact) mass is 348 g/mol. The number of nitrogen functional groups attached to an aromatic ring is 1. The summed E-state index contributed by atoms with van der Waals surface area (Å²) in [6.07, 6.45) is 0.772. The summed E-state index contributed by atoms with van der Waals surface area (Å²) >= 11 is 3.12. The van der Waals surface area contributed by atoms with Crippen molar-refractivity contribution in [1.82, 2.24) is 0 Å². The Labute approximate surface area is 130 Å². The predicted octanol–water partition coefficient (Wildman–Crippen LogP) is 3.76. The number of benzene rings is 2. The Morgan fingerprint density at radius 1 is 1.33 bits per heavy atom. The molecule has 108 valence electrons. The van der Waals surface area contributed by atoms with Gasteiger partial charge in [0.1, 0.15) is 5.82 Å². The zero-order valence-corrected chi connectivity index (χ0v) is 13.0. The molecule has 0 spiro atoms. The fourth-order valence-electron chi connectivity index (χ4n) is 2.73. The van der Waals surface area contributed by atoms with Crippen molar-refractivity contribution in [3.05, 3.63) is 57.8 Å². The number of nitrogens with two attached hydrogens (primary N) is 1. The summed E-state index contributed by atoms with van der Waals surface area (Å²) in [5.41, 5.74) is 8.89. The number of fused-ring (bicyclic) bond motifs is 1. The largest absolute Gasteiger partial charge is 0.399 e. The van der Waals surface area contributed by atoms with Crippen LogP contribution in [0.5, 0.6) is 0 Å². The average Bonchev–Trinajstić information content (AvgIpc) is 2.76. The number of anilines is 2. The molecule has 0 aromatic heterocycles. The number of nitrogens with zero attached hydrogens (tertiary/aromatic N) is 1. The molecule has 1 heterocycles. The second-order valence-electron chi connectivity index (χ2n) is 5.25. The fraction of sp³-hybridized carbons (Fsp3) is 0.188. The molecule has 1 unspecified atom stereocenters. The molecule has 2 aromatic carbocycles. The zero-order chi connectivity index (χ0) is 15.1. The second-order valence-corrected chi connectivity index (χ2v) is 6.10. The van der Waals surface area contributed by atoms with Crippen LogP contribution in [-0.2, 0) is 6.42 Å². The number of halogens is 2. The number of hydrogen-bond acceptors (Lipinski definition) is 2. The van der Waals surface area contributed by atoms with Gasteiger partial charge in [-0.2, -0.15) is 0 Å². The number of rotatable bonds is 1. The van der Waals surface area contributed by atoms with Crippen molar-refractivity contribution in [3.63, 3.8) is 0 Å². The van der Waals surface area contributed by atoms with Gasteiger partial charge in [-0.05, 0) is 71.2 Å². The summed E-state index contributed by atoms with van der Waals surface area (Å²) in [5, 5.41) is 0. The molecule has 0 bridgehead atoms. The molecule has 1 atom stereocenters. The Bertz CT molecular complexity index is 732. The minimum atomic E-state index is -0.380. The number of hydrogen-bond donors (Lipinski definition) is 1. The van der Waals surface area contributed by atoms with Gasteiger partial charge in [0.05, 0.1) is 4.47 Å². The van der Waals surface area contributed by atoms with Crippen LogP contribution in [0.2, 0.25) is 0 Å². The Hall–Kier alpha value is -1.88. The SMILES string of the molecule is CC1Cc2cc(N)ccc2N1C(=O)c1ccc(F)c(Br)c1. The van der Waals surface area contributed by atoms with E-state index in [0.29, 0.717) is 11.3 Å². The van der Waals surface area contributed by atoms with Crippen LogP contribution in [0, 0.1) is 5.82 Å². The van der Waals surface area contributed by atoms with E-state index in [1.807, 2.05) is 19.1 Å². The zero-order valence-electron chi connectivity index (χ0n) is 11.4. The maximum absolute atomic E-state index is 13.3. The molecule has 0 saturated carbocycles. The summed E-state index contributed by atoms with van der Waals surface area (Å²) in [6.45, 7) is 1.99. The van der Waals surface area contributed by atoms with Crippen LogP contribution in [0.25, 0.3) is 0 Å². The molecule has 0 aliphatic carbocycles. The summed E-state index contributed by atoms with van der Waals surface area (Å²) in [7, 11) is 0. The van der Waals surface area contributed by atoms with Crippen molar-refractivity contribution in [2.45, 2.75) is 19.4 Å². The van der Waals surface area contributed by atoms with Crippen LogP contribution >= 0.6 is 15.9 Å². The fourth-order valence-corrected chi connectivity index (χ4v) is 3.11. The highest BCUT2D eigenvalue weighted by atomic mass is 79.9. The van der Waals surface area contributed by atoms with E-state index in [1.165, 1.54) is 18.2 Å². The van der Waals surface area contributed by atoms with Gasteiger partial charge in [0, 0.05) is 23.0 Å². The lowest BCUT2D eigenvalue weighted by Gasteiger charge is -2.23. The van der Waals surface area contributed by atoms with E-state index < -0.39 is 0 Å². The summed E-state index contributed by atoms with van der Waals surface area (Å²) in [6, 6.07) is 9.92. The quantitative estimate of drug-likeness (QED) is 0.797. The van der Waals surface area contributed by atoms with Crippen LogP contribution in [-0.4, -0.2) is 11.9 Å². The van der Waals surface area contributed by atoms with Gasteiger partial charge in [-0.1, -0.05) is 0 Å². The molecule has 2 N–H and O–H groups in total. The first-order chi connectivity index (χ1) is 9.97. The third-order valence-corrected chi connectivity index (χ3v) is 4.31. The maximum Gasteiger partial charge on any atom is 0.258 e. The van der Waals surface area contributed by atoms with Crippen molar-refractivity contribution in [2.24, 2.45) is 0 Å². The van der Waals surface area contributed by atoms with Gasteiger partial charge in [0.2, 0.25) is 0 Å². The Balaban J connectivity index is 2.00. The highest BCUT2D eigenvalue weighted by Crippen LogP contribution is 2.34. The maximum atomic E-state index is 13.3. The first-order valence-electron chi connectivity index (χ1n) is 6.64. The van der Waals surface area contributed by atoms with E-state index in [4.69, 9.17) is 5.73 Å². The lowest BCUT2D eigenvalue weighted by molar-refractivity contribution is 0.0981. The van der Waals surface area contributed by atoms with E-state index in [0.717, 1.165) is 17.7 Å².